The van der Waals surface area contributed by atoms with Gasteiger partial charge in [0.1, 0.15) is 0 Å². The summed E-state index contributed by atoms with van der Waals surface area (Å²) in [5.74, 6) is 0. The quantitative estimate of drug-likeness (QED) is 0.342. The molecule has 8 heavy (non-hydrogen) atoms. The van der Waals surface area contributed by atoms with Crippen LogP contribution in [0.4, 0.5) is 0 Å². The summed E-state index contributed by atoms with van der Waals surface area (Å²) in [6.07, 6.45) is 1.75. The van der Waals surface area contributed by atoms with Crippen LogP contribution in [0.3, 0.4) is 0 Å². The van der Waals surface area contributed by atoms with Crippen LogP contribution in [0.5, 0.6) is 0 Å². The molecule has 0 fully saturated rings. The van der Waals surface area contributed by atoms with Gasteiger partial charge in [-0.15, -0.1) is 32.0 Å². The molecule has 1 heteroatoms. The third-order valence-electron chi connectivity index (χ3n) is 0. The van der Waals surface area contributed by atoms with Crippen LogP contribution in [-0.4, -0.2) is 10.2 Å². The number of hydrogen-bond donors (Lipinski definition) is 0. The van der Waals surface area contributed by atoms with Crippen molar-refractivity contribution in [1.82, 2.24) is 0 Å². The lowest BCUT2D eigenvalue weighted by atomic mass is 10.8. The molecule has 0 nitrogen and oxygen atoms in total. The lowest BCUT2D eigenvalue weighted by molar-refractivity contribution is 1.80. The SMILES string of the molecule is C=C.C=CC.C=C[SiH3]. The van der Waals surface area contributed by atoms with Crippen LogP contribution in [0.25, 0.3) is 0 Å². The molecule has 0 rings (SSSR count). The first-order chi connectivity index (χ1) is 3.83. The monoisotopic (exact) mass is 128 g/mol. The van der Waals surface area contributed by atoms with Crippen molar-refractivity contribution in [1.29, 1.82) is 0 Å². The highest BCUT2D eigenvalue weighted by molar-refractivity contribution is 6.16. The maximum atomic E-state index is 3.42. The maximum absolute atomic E-state index is 3.42. The zero-order chi connectivity index (χ0) is 7.41. The van der Waals surface area contributed by atoms with Gasteiger partial charge < -0.3 is 0 Å². The van der Waals surface area contributed by atoms with Gasteiger partial charge in [0, 0.05) is 10.2 Å². The number of rotatable bonds is 0. The first kappa shape index (κ1) is 15.7. The van der Waals surface area contributed by atoms with E-state index in [1.54, 1.807) is 6.08 Å². The highest BCUT2D eigenvalue weighted by atomic mass is 28.1. The van der Waals surface area contributed by atoms with Crippen molar-refractivity contribution in [2.45, 2.75) is 6.92 Å². The molecular weight excluding hydrogens is 112 g/mol. The van der Waals surface area contributed by atoms with E-state index < -0.39 is 0 Å². The molecular formula is C7H16Si. The fraction of sp³-hybridized carbons (Fsp3) is 0.143. The van der Waals surface area contributed by atoms with Crippen LogP contribution < -0.4 is 0 Å². The van der Waals surface area contributed by atoms with Gasteiger partial charge >= 0.3 is 0 Å². The standard InChI is InChI=1S/C3H6.C2H6Si.C2H4/c1-3-2;1-2-3;1-2/h3H,1H2,2H3;2H,1H2,3H3;1-2H2. The third-order valence-corrected chi connectivity index (χ3v) is 0. The normalized spacial score (nSPS) is 4.12. The molecule has 0 amide bonds. The topological polar surface area (TPSA) is 0 Å². The number of allylic oxidation sites excluding steroid dienone is 1. The largest absolute Gasteiger partial charge is 0.112 e. The maximum Gasteiger partial charge on any atom is 0.0283 e. The van der Waals surface area contributed by atoms with Gasteiger partial charge in [-0.05, 0) is 6.92 Å². The van der Waals surface area contributed by atoms with Crippen molar-refractivity contribution in [2.24, 2.45) is 0 Å². The van der Waals surface area contributed by atoms with Gasteiger partial charge in [-0.2, -0.15) is 0 Å². The van der Waals surface area contributed by atoms with E-state index in [0.717, 1.165) is 10.2 Å². The molecule has 0 N–H and O–H groups in total. The Kier molecular flexibility index (Phi) is 180. The van der Waals surface area contributed by atoms with Crippen LogP contribution in [0, 0.1) is 0 Å². The van der Waals surface area contributed by atoms with Crippen molar-refractivity contribution in [3.05, 3.63) is 38.1 Å². The molecule has 0 spiro atoms. The summed E-state index contributed by atoms with van der Waals surface area (Å²) in [5.41, 5.74) is 1.89. The molecule has 0 saturated carbocycles. The first-order valence-electron chi connectivity index (χ1n) is 2.47. The fourth-order valence-electron chi connectivity index (χ4n) is 0. The van der Waals surface area contributed by atoms with E-state index in [0.29, 0.717) is 0 Å². The van der Waals surface area contributed by atoms with Gasteiger partial charge in [0.05, 0.1) is 0 Å². The first-order valence-corrected chi connectivity index (χ1v) is 3.63. The second-order valence-corrected chi connectivity index (χ2v) is 1.63. The average molecular weight is 128 g/mol. The van der Waals surface area contributed by atoms with E-state index in [1.165, 1.54) is 0 Å². The lowest BCUT2D eigenvalue weighted by Gasteiger charge is -1.31. The summed E-state index contributed by atoms with van der Waals surface area (Å²) in [6.45, 7) is 14.7. The Morgan fingerprint density at radius 2 is 1.25 bits per heavy atom. The Morgan fingerprint density at radius 1 is 1.25 bits per heavy atom. The summed E-state index contributed by atoms with van der Waals surface area (Å²) in [7, 11) is 1.13. The second-order valence-electron chi connectivity index (χ2n) is 0.816. The zero-order valence-electron chi connectivity index (χ0n) is 5.98. The highest BCUT2D eigenvalue weighted by Gasteiger charge is 1.16. The Hall–Kier alpha value is -0.563. The molecule has 0 aromatic rings. The molecule has 0 saturated heterocycles. The van der Waals surface area contributed by atoms with E-state index in [4.69, 9.17) is 0 Å². The second kappa shape index (κ2) is 92.2. The minimum atomic E-state index is 1.13. The lowest BCUT2D eigenvalue weighted by Crippen LogP contribution is -1.29. The van der Waals surface area contributed by atoms with E-state index in [1.807, 2.05) is 12.6 Å². The van der Waals surface area contributed by atoms with Crippen molar-refractivity contribution >= 4 is 10.2 Å². The van der Waals surface area contributed by atoms with Crippen LogP contribution in [0.15, 0.2) is 38.1 Å². The molecule has 0 atom stereocenters. The van der Waals surface area contributed by atoms with E-state index in [2.05, 4.69) is 26.3 Å². The molecule has 0 aliphatic rings. The molecule has 0 aliphatic carbocycles. The smallest absolute Gasteiger partial charge is 0.0283 e. The predicted molar refractivity (Wildman–Crippen MR) is 47.3 cm³/mol. The molecule has 0 aromatic heterocycles. The third kappa shape index (κ3) is 338. The molecule has 0 bridgehead atoms. The average Bonchev–Trinajstić information content (AvgIpc) is 1.75. The van der Waals surface area contributed by atoms with Gasteiger partial charge in [0.2, 0.25) is 0 Å². The molecule has 48 valence electrons. The minimum Gasteiger partial charge on any atom is -0.112 e. The Morgan fingerprint density at radius 3 is 1.25 bits per heavy atom. The van der Waals surface area contributed by atoms with Gasteiger partial charge in [-0.3, -0.25) is 0 Å². The van der Waals surface area contributed by atoms with Gasteiger partial charge in [-0.1, -0.05) is 6.08 Å². The summed E-state index contributed by atoms with van der Waals surface area (Å²) in [4.78, 5) is 0. The molecule has 0 aromatic carbocycles. The summed E-state index contributed by atoms with van der Waals surface area (Å²) >= 11 is 0. The zero-order valence-corrected chi connectivity index (χ0v) is 7.98. The Bertz CT molecular complexity index is 33.7. The molecule has 0 unspecified atom stereocenters. The van der Waals surface area contributed by atoms with Crippen molar-refractivity contribution in [2.75, 3.05) is 0 Å². The van der Waals surface area contributed by atoms with Gasteiger partial charge in [0.25, 0.3) is 0 Å². The molecule has 0 heterocycles. The van der Waals surface area contributed by atoms with E-state index in [9.17, 15) is 0 Å². The van der Waals surface area contributed by atoms with Gasteiger partial charge in [0.15, 0.2) is 0 Å². The highest BCUT2D eigenvalue weighted by Crippen LogP contribution is 1.38. The summed E-state index contributed by atoms with van der Waals surface area (Å²) in [6, 6.07) is 0. The predicted octanol–water partition coefficient (Wildman–Crippen LogP) is 1.49. The minimum absolute atomic E-state index is 1.13. The van der Waals surface area contributed by atoms with Gasteiger partial charge in [-0.25, -0.2) is 0 Å². The van der Waals surface area contributed by atoms with Crippen molar-refractivity contribution in [3.8, 4) is 0 Å². The van der Waals surface area contributed by atoms with Crippen molar-refractivity contribution in [3.63, 3.8) is 0 Å². The van der Waals surface area contributed by atoms with Crippen molar-refractivity contribution < 1.29 is 0 Å². The van der Waals surface area contributed by atoms with Crippen LogP contribution in [0.2, 0.25) is 0 Å². The van der Waals surface area contributed by atoms with E-state index >= 15 is 0 Å². The Labute approximate surface area is 56.0 Å². The van der Waals surface area contributed by atoms with E-state index in [-0.39, 0.29) is 0 Å². The van der Waals surface area contributed by atoms with Crippen LogP contribution in [-0.2, 0) is 0 Å². The molecule has 0 radical (unpaired) electrons. The summed E-state index contributed by atoms with van der Waals surface area (Å²) < 4.78 is 0. The van der Waals surface area contributed by atoms with Crippen LogP contribution in [0.1, 0.15) is 6.92 Å². The Balaban J connectivity index is -0.0000000483. The summed E-state index contributed by atoms with van der Waals surface area (Å²) in [5, 5.41) is 0. The fourth-order valence-corrected chi connectivity index (χ4v) is 0. The van der Waals surface area contributed by atoms with Crippen LogP contribution >= 0.6 is 0 Å². The number of hydrogen-bond acceptors (Lipinski definition) is 0. The molecule has 0 aliphatic heterocycles.